The maximum atomic E-state index is 10.6. The van der Waals surface area contributed by atoms with Crippen LogP contribution in [0.3, 0.4) is 0 Å². The molecule has 0 saturated carbocycles. The quantitative estimate of drug-likeness (QED) is 0.507. The van der Waals surface area contributed by atoms with Crippen LogP contribution in [0.5, 0.6) is 0 Å². The molecule has 0 atom stereocenters. The van der Waals surface area contributed by atoms with Gasteiger partial charge in [-0.3, -0.25) is 4.79 Å². The molecule has 0 bridgehead atoms. The molecule has 68 valence electrons. The van der Waals surface area contributed by atoms with E-state index >= 15 is 0 Å². The smallest absolute Gasteiger partial charge is 0.328 e. The van der Waals surface area contributed by atoms with Crippen molar-refractivity contribution in [3.63, 3.8) is 0 Å². The molecule has 12 heavy (non-hydrogen) atoms. The van der Waals surface area contributed by atoms with Crippen LogP contribution in [0.2, 0.25) is 0 Å². The number of aliphatic carboxylic acids is 1. The molecule has 0 unspecified atom stereocenters. The third-order valence-corrected chi connectivity index (χ3v) is 1.32. The Morgan fingerprint density at radius 1 is 1.42 bits per heavy atom. The molecular weight excluding hydrogens is 160 g/mol. The summed E-state index contributed by atoms with van der Waals surface area (Å²) in [5.41, 5.74) is 0.660. The minimum Gasteiger partial charge on any atom is -0.478 e. The van der Waals surface area contributed by atoms with Gasteiger partial charge < -0.3 is 9.84 Å². The van der Waals surface area contributed by atoms with Gasteiger partial charge >= 0.3 is 11.9 Å². The highest BCUT2D eigenvalue weighted by molar-refractivity contribution is 5.80. The summed E-state index contributed by atoms with van der Waals surface area (Å²) in [4.78, 5) is 20.7. The average molecular weight is 172 g/mol. The van der Waals surface area contributed by atoms with Crippen molar-refractivity contribution < 1.29 is 19.4 Å². The van der Waals surface area contributed by atoms with E-state index in [9.17, 15) is 9.59 Å². The molecular formula is C8H12O4. The molecule has 0 aromatic rings. The minimum absolute atomic E-state index is 0.228. The predicted octanol–water partition coefficient (Wildman–Crippen LogP) is 0.970. The molecule has 0 aliphatic heterocycles. The second kappa shape index (κ2) is 5.35. The second-order valence-electron chi connectivity index (χ2n) is 2.41. The highest BCUT2D eigenvalue weighted by atomic mass is 16.5. The lowest BCUT2D eigenvalue weighted by Gasteiger charge is -1.98. The summed E-state index contributed by atoms with van der Waals surface area (Å²) in [6.07, 6.45) is 1.74. The van der Waals surface area contributed by atoms with Gasteiger partial charge in [0, 0.05) is 12.5 Å². The van der Waals surface area contributed by atoms with Crippen molar-refractivity contribution in [3.8, 4) is 0 Å². The van der Waals surface area contributed by atoms with Gasteiger partial charge in [0.05, 0.1) is 7.11 Å². The Labute approximate surface area is 70.8 Å². The number of allylic oxidation sites excluding steroid dienone is 1. The highest BCUT2D eigenvalue weighted by Gasteiger charge is 2.01. The summed E-state index contributed by atoms with van der Waals surface area (Å²) in [5.74, 6) is -1.31. The van der Waals surface area contributed by atoms with Gasteiger partial charge in [-0.05, 0) is 13.3 Å². The third-order valence-electron chi connectivity index (χ3n) is 1.32. The van der Waals surface area contributed by atoms with Crippen molar-refractivity contribution in [1.82, 2.24) is 0 Å². The minimum atomic E-state index is -0.989. The molecule has 1 N–H and O–H groups in total. The maximum Gasteiger partial charge on any atom is 0.328 e. The van der Waals surface area contributed by atoms with Crippen molar-refractivity contribution in [2.24, 2.45) is 0 Å². The van der Waals surface area contributed by atoms with Gasteiger partial charge in [-0.15, -0.1) is 0 Å². The Kier molecular flexibility index (Phi) is 4.76. The van der Waals surface area contributed by atoms with Gasteiger partial charge in [0.15, 0.2) is 0 Å². The zero-order chi connectivity index (χ0) is 9.56. The fourth-order valence-corrected chi connectivity index (χ4v) is 0.684. The fraction of sp³-hybridized carbons (Fsp3) is 0.500. The van der Waals surface area contributed by atoms with Crippen LogP contribution >= 0.6 is 0 Å². The van der Waals surface area contributed by atoms with E-state index in [0.29, 0.717) is 12.0 Å². The number of ether oxygens (including phenoxy) is 1. The maximum absolute atomic E-state index is 10.6. The molecule has 0 aliphatic rings. The van der Waals surface area contributed by atoms with E-state index in [-0.39, 0.29) is 12.4 Å². The van der Waals surface area contributed by atoms with Crippen molar-refractivity contribution in [2.75, 3.05) is 7.11 Å². The Bertz CT molecular complexity index is 205. The first-order chi connectivity index (χ1) is 5.56. The van der Waals surface area contributed by atoms with Crippen LogP contribution in [0.25, 0.3) is 0 Å². The number of rotatable bonds is 4. The number of hydrogen-bond donors (Lipinski definition) is 1. The predicted molar refractivity (Wildman–Crippen MR) is 42.6 cm³/mol. The molecule has 0 aromatic carbocycles. The van der Waals surface area contributed by atoms with E-state index in [2.05, 4.69) is 4.74 Å². The number of hydrogen-bond acceptors (Lipinski definition) is 3. The molecule has 0 aromatic heterocycles. The topological polar surface area (TPSA) is 63.6 Å². The lowest BCUT2D eigenvalue weighted by molar-refractivity contribution is -0.140. The average Bonchev–Trinajstić information content (AvgIpc) is 1.99. The Morgan fingerprint density at radius 3 is 2.42 bits per heavy atom. The summed E-state index contributed by atoms with van der Waals surface area (Å²) >= 11 is 0. The van der Waals surface area contributed by atoms with E-state index in [1.165, 1.54) is 7.11 Å². The summed E-state index contributed by atoms with van der Waals surface area (Å²) in [5, 5.41) is 8.31. The van der Waals surface area contributed by atoms with Crippen LogP contribution in [-0.2, 0) is 14.3 Å². The summed E-state index contributed by atoms with van der Waals surface area (Å²) < 4.78 is 4.39. The Hall–Kier alpha value is -1.32. The van der Waals surface area contributed by atoms with Gasteiger partial charge in [-0.2, -0.15) is 0 Å². The lowest BCUT2D eigenvalue weighted by Crippen LogP contribution is -2.00. The first kappa shape index (κ1) is 10.7. The molecule has 0 spiro atoms. The van der Waals surface area contributed by atoms with Gasteiger partial charge in [0.1, 0.15) is 0 Å². The summed E-state index contributed by atoms with van der Waals surface area (Å²) in [6.45, 7) is 1.66. The van der Waals surface area contributed by atoms with Crippen LogP contribution in [0.15, 0.2) is 11.6 Å². The van der Waals surface area contributed by atoms with Crippen LogP contribution in [-0.4, -0.2) is 24.2 Å². The molecule has 0 aliphatic carbocycles. The Morgan fingerprint density at radius 2 is 2.00 bits per heavy atom. The van der Waals surface area contributed by atoms with Gasteiger partial charge in [-0.25, -0.2) is 4.79 Å². The van der Waals surface area contributed by atoms with Crippen LogP contribution in [0, 0.1) is 0 Å². The number of esters is 1. The highest BCUT2D eigenvalue weighted by Crippen LogP contribution is 2.03. The van der Waals surface area contributed by atoms with Gasteiger partial charge in [0.25, 0.3) is 0 Å². The summed E-state index contributed by atoms with van der Waals surface area (Å²) in [7, 11) is 1.30. The van der Waals surface area contributed by atoms with E-state index in [1.54, 1.807) is 6.92 Å². The van der Waals surface area contributed by atoms with Gasteiger partial charge in [0.2, 0.25) is 0 Å². The Balaban J connectivity index is 3.78. The largest absolute Gasteiger partial charge is 0.478 e. The van der Waals surface area contributed by atoms with Crippen molar-refractivity contribution in [3.05, 3.63) is 11.6 Å². The van der Waals surface area contributed by atoms with E-state index < -0.39 is 5.97 Å². The zero-order valence-electron chi connectivity index (χ0n) is 7.16. The van der Waals surface area contributed by atoms with Crippen LogP contribution in [0.1, 0.15) is 19.8 Å². The van der Waals surface area contributed by atoms with E-state index in [4.69, 9.17) is 5.11 Å². The SMILES string of the molecule is COC(=O)CCC(C)=CC(=O)O. The molecule has 0 amide bonds. The van der Waals surface area contributed by atoms with Crippen molar-refractivity contribution in [2.45, 2.75) is 19.8 Å². The lowest BCUT2D eigenvalue weighted by atomic mass is 10.1. The van der Waals surface area contributed by atoms with E-state index in [1.807, 2.05) is 0 Å². The van der Waals surface area contributed by atoms with Crippen molar-refractivity contribution >= 4 is 11.9 Å². The molecule has 0 saturated heterocycles. The van der Waals surface area contributed by atoms with Crippen LogP contribution < -0.4 is 0 Å². The zero-order valence-corrected chi connectivity index (χ0v) is 7.16. The fourth-order valence-electron chi connectivity index (χ4n) is 0.684. The molecule has 0 fully saturated rings. The molecule has 4 nitrogen and oxygen atoms in total. The molecule has 0 heterocycles. The normalized spacial score (nSPS) is 11.0. The standard InChI is InChI=1S/C8H12O4/c1-6(5-7(9)10)3-4-8(11)12-2/h5H,3-4H2,1-2H3,(H,9,10). The first-order valence-electron chi connectivity index (χ1n) is 3.53. The van der Waals surface area contributed by atoms with E-state index in [0.717, 1.165) is 6.08 Å². The molecule has 0 rings (SSSR count). The summed E-state index contributed by atoms with van der Waals surface area (Å²) in [6, 6.07) is 0. The number of carboxylic acid groups (broad SMARTS) is 1. The van der Waals surface area contributed by atoms with Crippen molar-refractivity contribution in [1.29, 1.82) is 0 Å². The molecule has 0 radical (unpaired) electrons. The third kappa shape index (κ3) is 5.46. The number of methoxy groups -OCH3 is 1. The number of carbonyl (C=O) groups is 2. The van der Waals surface area contributed by atoms with Gasteiger partial charge in [-0.1, -0.05) is 5.57 Å². The second-order valence-corrected chi connectivity index (χ2v) is 2.41. The van der Waals surface area contributed by atoms with Crippen LogP contribution in [0.4, 0.5) is 0 Å². The number of carboxylic acids is 1. The number of carbonyl (C=O) groups excluding carboxylic acids is 1. The molecule has 4 heteroatoms. The monoisotopic (exact) mass is 172 g/mol. The first-order valence-corrected chi connectivity index (χ1v) is 3.53.